The molecule has 18 heavy (non-hydrogen) atoms. The van der Waals surface area contributed by atoms with Crippen molar-refractivity contribution in [2.75, 3.05) is 11.4 Å². The Balaban J connectivity index is 1.85. The van der Waals surface area contributed by atoms with E-state index in [1.807, 2.05) is 13.0 Å². The first-order valence-corrected chi connectivity index (χ1v) is 7.39. The van der Waals surface area contributed by atoms with E-state index in [2.05, 4.69) is 14.9 Å². The highest BCUT2D eigenvalue weighted by atomic mass is 35.5. The second-order valence-corrected chi connectivity index (χ2v) is 5.93. The summed E-state index contributed by atoms with van der Waals surface area (Å²) in [6.07, 6.45) is 8.17. The summed E-state index contributed by atoms with van der Waals surface area (Å²) in [6, 6.07) is 2.60. The first-order chi connectivity index (χ1) is 8.74. The van der Waals surface area contributed by atoms with Gasteiger partial charge in [-0.1, -0.05) is 24.4 Å². The number of hydrogen-bond donors (Lipinski definition) is 0. The average Bonchev–Trinajstić information content (AvgIpc) is 2.98. The van der Waals surface area contributed by atoms with Gasteiger partial charge < -0.3 is 4.90 Å². The smallest absolute Gasteiger partial charge is 0.134 e. The maximum atomic E-state index is 6.06. The number of nitrogens with zero attached hydrogens (tertiary/aromatic N) is 3. The van der Waals surface area contributed by atoms with E-state index in [9.17, 15) is 0 Å². The summed E-state index contributed by atoms with van der Waals surface area (Å²) in [6.45, 7) is 3.03. The molecule has 0 radical (unpaired) electrons. The Morgan fingerprint density at radius 3 is 2.67 bits per heavy atom. The fraction of sp³-hybridized carbons (Fsp3) is 0.714. The molecule has 1 aromatic rings. The lowest BCUT2D eigenvalue weighted by atomic mass is 9.96. The molecular formula is C14H20ClN3. The molecule has 3 nitrogen and oxygen atoms in total. The average molecular weight is 266 g/mol. The summed E-state index contributed by atoms with van der Waals surface area (Å²) in [5.74, 6) is 2.66. The minimum Gasteiger partial charge on any atom is -0.353 e. The Kier molecular flexibility index (Phi) is 3.42. The monoisotopic (exact) mass is 265 g/mol. The van der Waals surface area contributed by atoms with E-state index in [-0.39, 0.29) is 0 Å². The third-order valence-electron chi connectivity index (χ3n) is 4.33. The first-order valence-electron chi connectivity index (χ1n) is 7.02. The van der Waals surface area contributed by atoms with E-state index in [0.29, 0.717) is 11.2 Å². The van der Waals surface area contributed by atoms with Gasteiger partial charge in [0.15, 0.2) is 0 Å². The summed E-state index contributed by atoms with van der Waals surface area (Å²) in [7, 11) is 0. The van der Waals surface area contributed by atoms with Gasteiger partial charge in [-0.15, -0.1) is 0 Å². The molecule has 0 bridgehead atoms. The molecule has 1 atom stereocenters. The van der Waals surface area contributed by atoms with Crippen molar-refractivity contribution >= 4 is 17.4 Å². The van der Waals surface area contributed by atoms with Crippen LogP contribution in [0.15, 0.2) is 6.07 Å². The van der Waals surface area contributed by atoms with Crippen molar-refractivity contribution < 1.29 is 0 Å². The van der Waals surface area contributed by atoms with Gasteiger partial charge in [0.05, 0.1) is 0 Å². The Hall–Kier alpha value is -0.830. The number of anilines is 1. The molecule has 98 valence electrons. The molecule has 0 amide bonds. The van der Waals surface area contributed by atoms with Gasteiger partial charge in [-0.25, -0.2) is 9.97 Å². The van der Waals surface area contributed by atoms with Crippen molar-refractivity contribution in [1.29, 1.82) is 0 Å². The van der Waals surface area contributed by atoms with Crippen LogP contribution in [0.25, 0.3) is 0 Å². The molecule has 2 fully saturated rings. The predicted octanol–water partition coefficient (Wildman–Crippen LogP) is 3.60. The summed E-state index contributed by atoms with van der Waals surface area (Å²) in [5.41, 5.74) is 0. The van der Waals surface area contributed by atoms with Crippen molar-refractivity contribution in [2.24, 2.45) is 5.92 Å². The first kappa shape index (κ1) is 12.2. The number of aromatic nitrogens is 2. The van der Waals surface area contributed by atoms with Crippen LogP contribution in [0.3, 0.4) is 0 Å². The van der Waals surface area contributed by atoms with Crippen molar-refractivity contribution in [3.8, 4) is 0 Å². The largest absolute Gasteiger partial charge is 0.353 e. The molecule has 1 aromatic heterocycles. The fourth-order valence-electron chi connectivity index (χ4n) is 3.57. The molecular weight excluding hydrogens is 246 g/mol. The maximum absolute atomic E-state index is 6.06. The van der Waals surface area contributed by atoms with E-state index in [1.54, 1.807) is 0 Å². The lowest BCUT2D eigenvalue weighted by Crippen LogP contribution is -2.35. The SMILES string of the molecule is Cc1nc(Cl)cc(N2CCCC2C2CCCC2)n1. The van der Waals surface area contributed by atoms with Crippen LogP contribution in [0.1, 0.15) is 44.3 Å². The molecule has 1 saturated heterocycles. The normalized spacial score (nSPS) is 25.0. The van der Waals surface area contributed by atoms with Gasteiger partial charge in [-0.3, -0.25) is 0 Å². The van der Waals surface area contributed by atoms with Crippen LogP contribution in [0.2, 0.25) is 5.15 Å². The zero-order valence-corrected chi connectivity index (χ0v) is 11.7. The van der Waals surface area contributed by atoms with E-state index < -0.39 is 0 Å². The van der Waals surface area contributed by atoms with Crippen molar-refractivity contribution in [1.82, 2.24) is 9.97 Å². The van der Waals surface area contributed by atoms with Gasteiger partial charge in [-0.05, 0) is 38.5 Å². The second kappa shape index (κ2) is 5.04. The van der Waals surface area contributed by atoms with E-state index in [4.69, 9.17) is 11.6 Å². The van der Waals surface area contributed by atoms with E-state index in [0.717, 1.165) is 24.1 Å². The highest BCUT2D eigenvalue weighted by Gasteiger charge is 2.34. The number of hydrogen-bond acceptors (Lipinski definition) is 3. The van der Waals surface area contributed by atoms with Crippen LogP contribution in [-0.4, -0.2) is 22.6 Å². The van der Waals surface area contributed by atoms with Crippen LogP contribution in [-0.2, 0) is 0 Å². The zero-order valence-electron chi connectivity index (χ0n) is 10.9. The minimum atomic E-state index is 0.564. The molecule has 2 aliphatic rings. The molecule has 1 unspecified atom stereocenters. The highest BCUT2D eigenvalue weighted by Crippen LogP contribution is 2.37. The number of rotatable bonds is 2. The lowest BCUT2D eigenvalue weighted by Gasteiger charge is -2.30. The van der Waals surface area contributed by atoms with Crippen molar-refractivity contribution in [2.45, 2.75) is 51.5 Å². The Bertz CT molecular complexity index is 409. The van der Waals surface area contributed by atoms with Crippen LogP contribution < -0.4 is 4.90 Å². The molecule has 2 heterocycles. The Morgan fingerprint density at radius 1 is 1.17 bits per heavy atom. The standard InChI is InChI=1S/C14H20ClN3/c1-10-16-13(15)9-14(17-10)18-8-4-7-12(18)11-5-2-3-6-11/h9,11-12H,2-8H2,1H3. The van der Waals surface area contributed by atoms with Crippen molar-refractivity contribution in [3.63, 3.8) is 0 Å². The van der Waals surface area contributed by atoms with Gasteiger partial charge in [0.2, 0.25) is 0 Å². The number of halogens is 1. The quantitative estimate of drug-likeness (QED) is 0.765. The van der Waals surface area contributed by atoms with E-state index in [1.165, 1.54) is 38.5 Å². The fourth-order valence-corrected chi connectivity index (χ4v) is 3.79. The van der Waals surface area contributed by atoms with Crippen molar-refractivity contribution in [3.05, 3.63) is 17.0 Å². The molecule has 0 spiro atoms. The Labute approximate surface area is 114 Å². The lowest BCUT2D eigenvalue weighted by molar-refractivity contribution is 0.429. The zero-order chi connectivity index (χ0) is 12.5. The highest BCUT2D eigenvalue weighted by molar-refractivity contribution is 6.29. The summed E-state index contributed by atoms with van der Waals surface area (Å²) >= 11 is 6.06. The molecule has 0 N–H and O–H groups in total. The predicted molar refractivity (Wildman–Crippen MR) is 74.1 cm³/mol. The van der Waals surface area contributed by atoms with Crippen LogP contribution >= 0.6 is 11.6 Å². The van der Waals surface area contributed by atoms with Crippen LogP contribution in [0.5, 0.6) is 0 Å². The molecule has 1 aliphatic carbocycles. The van der Waals surface area contributed by atoms with Gasteiger partial charge in [0, 0.05) is 18.7 Å². The molecule has 1 aliphatic heterocycles. The van der Waals surface area contributed by atoms with Gasteiger partial charge in [-0.2, -0.15) is 0 Å². The second-order valence-electron chi connectivity index (χ2n) is 5.54. The summed E-state index contributed by atoms with van der Waals surface area (Å²) in [4.78, 5) is 11.2. The summed E-state index contributed by atoms with van der Waals surface area (Å²) in [5, 5.41) is 0.564. The topological polar surface area (TPSA) is 29.0 Å². The van der Waals surface area contributed by atoms with Crippen LogP contribution in [0, 0.1) is 12.8 Å². The maximum Gasteiger partial charge on any atom is 0.134 e. The number of aryl methyl sites for hydroxylation is 1. The third kappa shape index (κ3) is 2.33. The molecule has 3 rings (SSSR count). The van der Waals surface area contributed by atoms with Gasteiger partial charge in [0.1, 0.15) is 16.8 Å². The third-order valence-corrected chi connectivity index (χ3v) is 4.52. The van der Waals surface area contributed by atoms with Crippen LogP contribution in [0.4, 0.5) is 5.82 Å². The Morgan fingerprint density at radius 2 is 1.94 bits per heavy atom. The molecule has 1 saturated carbocycles. The van der Waals surface area contributed by atoms with Gasteiger partial charge >= 0.3 is 0 Å². The molecule has 0 aromatic carbocycles. The van der Waals surface area contributed by atoms with Gasteiger partial charge in [0.25, 0.3) is 0 Å². The minimum absolute atomic E-state index is 0.564. The summed E-state index contributed by atoms with van der Waals surface area (Å²) < 4.78 is 0. The molecule has 4 heteroatoms. The van der Waals surface area contributed by atoms with E-state index >= 15 is 0 Å².